The molecule has 5 heteroatoms. The molecule has 1 aromatic rings. The van der Waals surface area contributed by atoms with Crippen LogP contribution < -0.4 is 15.4 Å². The van der Waals surface area contributed by atoms with Crippen LogP contribution in [0.1, 0.15) is 26.0 Å². The lowest BCUT2D eigenvalue weighted by Crippen LogP contribution is -2.27. The molecule has 1 aliphatic heterocycles. The van der Waals surface area contributed by atoms with Crippen LogP contribution >= 0.6 is 0 Å². The first-order chi connectivity index (χ1) is 8.04. The van der Waals surface area contributed by atoms with Crippen molar-refractivity contribution in [2.24, 2.45) is 5.73 Å². The van der Waals surface area contributed by atoms with Crippen LogP contribution in [0, 0.1) is 6.92 Å². The standard InChI is InChI=1S/C12H20N4O/c1-8(2)17-11-6-9(3)14-12(15-11)16-5-4-10(13)7-16/h6,8,10H,4-5,7,13H2,1-3H3. The molecular weight excluding hydrogens is 216 g/mol. The van der Waals surface area contributed by atoms with Gasteiger partial charge in [0.05, 0.1) is 6.10 Å². The van der Waals surface area contributed by atoms with Crippen molar-refractivity contribution in [3.05, 3.63) is 11.8 Å². The molecule has 0 aliphatic carbocycles. The van der Waals surface area contributed by atoms with E-state index in [9.17, 15) is 0 Å². The summed E-state index contributed by atoms with van der Waals surface area (Å²) in [6, 6.07) is 2.09. The van der Waals surface area contributed by atoms with Crippen molar-refractivity contribution in [1.29, 1.82) is 0 Å². The molecule has 0 spiro atoms. The van der Waals surface area contributed by atoms with Gasteiger partial charge in [0.2, 0.25) is 11.8 Å². The molecule has 1 saturated heterocycles. The Bertz CT molecular complexity index is 394. The number of hydrogen-bond acceptors (Lipinski definition) is 5. The fourth-order valence-corrected chi connectivity index (χ4v) is 1.94. The maximum absolute atomic E-state index is 5.89. The van der Waals surface area contributed by atoms with Gasteiger partial charge in [-0.3, -0.25) is 0 Å². The summed E-state index contributed by atoms with van der Waals surface area (Å²) >= 11 is 0. The van der Waals surface area contributed by atoms with Gasteiger partial charge in [-0.05, 0) is 27.2 Å². The van der Waals surface area contributed by atoms with E-state index >= 15 is 0 Å². The van der Waals surface area contributed by atoms with Gasteiger partial charge < -0.3 is 15.4 Å². The molecule has 17 heavy (non-hydrogen) atoms. The number of anilines is 1. The van der Waals surface area contributed by atoms with Crippen LogP contribution in [0.2, 0.25) is 0 Å². The molecule has 0 amide bonds. The molecule has 2 N–H and O–H groups in total. The van der Waals surface area contributed by atoms with Gasteiger partial charge in [0.1, 0.15) is 0 Å². The average molecular weight is 236 g/mol. The monoisotopic (exact) mass is 236 g/mol. The number of nitrogens with two attached hydrogens (primary N) is 1. The third-order valence-electron chi connectivity index (χ3n) is 2.68. The van der Waals surface area contributed by atoms with E-state index in [4.69, 9.17) is 10.5 Å². The molecule has 1 fully saturated rings. The summed E-state index contributed by atoms with van der Waals surface area (Å²) in [6.45, 7) is 7.68. The van der Waals surface area contributed by atoms with Gasteiger partial charge in [0.15, 0.2) is 0 Å². The fraction of sp³-hybridized carbons (Fsp3) is 0.667. The Morgan fingerprint density at radius 1 is 1.47 bits per heavy atom. The SMILES string of the molecule is Cc1cc(OC(C)C)nc(N2CCC(N)C2)n1. The van der Waals surface area contributed by atoms with Crippen molar-refractivity contribution in [3.8, 4) is 5.88 Å². The van der Waals surface area contributed by atoms with Gasteiger partial charge in [-0.15, -0.1) is 0 Å². The Hall–Kier alpha value is -1.36. The van der Waals surface area contributed by atoms with Gasteiger partial charge in [0.25, 0.3) is 0 Å². The minimum Gasteiger partial charge on any atom is -0.475 e. The first-order valence-electron chi connectivity index (χ1n) is 6.07. The molecule has 2 heterocycles. The number of aryl methyl sites for hydroxylation is 1. The van der Waals surface area contributed by atoms with Crippen molar-refractivity contribution in [3.63, 3.8) is 0 Å². The van der Waals surface area contributed by atoms with Gasteiger partial charge >= 0.3 is 0 Å². The number of aromatic nitrogens is 2. The van der Waals surface area contributed by atoms with E-state index in [1.165, 1.54) is 0 Å². The molecule has 1 unspecified atom stereocenters. The number of hydrogen-bond donors (Lipinski definition) is 1. The largest absolute Gasteiger partial charge is 0.475 e. The van der Waals surface area contributed by atoms with Gasteiger partial charge in [-0.25, -0.2) is 4.98 Å². The highest BCUT2D eigenvalue weighted by Gasteiger charge is 2.22. The first kappa shape index (κ1) is 12.1. The lowest BCUT2D eigenvalue weighted by atomic mass is 10.3. The Balaban J connectivity index is 2.19. The fourth-order valence-electron chi connectivity index (χ4n) is 1.94. The van der Waals surface area contributed by atoms with E-state index in [0.29, 0.717) is 5.88 Å². The Morgan fingerprint density at radius 2 is 2.24 bits per heavy atom. The summed E-state index contributed by atoms with van der Waals surface area (Å²) in [5.41, 5.74) is 6.81. The van der Waals surface area contributed by atoms with Gasteiger partial charge in [-0.1, -0.05) is 0 Å². The molecule has 1 aliphatic rings. The van der Waals surface area contributed by atoms with Gasteiger partial charge in [0, 0.05) is 30.9 Å². The predicted molar refractivity (Wildman–Crippen MR) is 67.3 cm³/mol. The predicted octanol–water partition coefficient (Wildman–Crippen LogP) is 1.11. The Kier molecular flexibility index (Phi) is 3.47. The van der Waals surface area contributed by atoms with Crippen LogP contribution in [-0.2, 0) is 0 Å². The second-order valence-corrected chi connectivity index (χ2v) is 4.81. The van der Waals surface area contributed by atoms with Crippen molar-refractivity contribution >= 4 is 5.95 Å². The maximum Gasteiger partial charge on any atom is 0.228 e. The maximum atomic E-state index is 5.89. The highest BCUT2D eigenvalue weighted by molar-refractivity contribution is 5.36. The lowest BCUT2D eigenvalue weighted by molar-refractivity contribution is 0.232. The molecular formula is C12H20N4O. The molecule has 2 rings (SSSR count). The quantitative estimate of drug-likeness (QED) is 0.851. The molecule has 0 bridgehead atoms. The van der Waals surface area contributed by atoms with Gasteiger partial charge in [-0.2, -0.15) is 4.98 Å². The Labute approximate surface area is 102 Å². The Morgan fingerprint density at radius 3 is 2.82 bits per heavy atom. The molecule has 1 aromatic heterocycles. The molecule has 0 radical (unpaired) electrons. The highest BCUT2D eigenvalue weighted by Crippen LogP contribution is 2.19. The number of ether oxygens (including phenoxy) is 1. The molecule has 0 saturated carbocycles. The summed E-state index contributed by atoms with van der Waals surface area (Å²) in [6.07, 6.45) is 1.12. The van der Waals surface area contributed by atoms with Crippen molar-refractivity contribution in [2.75, 3.05) is 18.0 Å². The topological polar surface area (TPSA) is 64.3 Å². The first-order valence-corrected chi connectivity index (χ1v) is 6.07. The third kappa shape index (κ3) is 3.06. The number of nitrogens with zero attached hydrogens (tertiary/aromatic N) is 3. The van der Waals surface area contributed by atoms with E-state index in [1.807, 2.05) is 26.8 Å². The average Bonchev–Trinajstić information content (AvgIpc) is 2.62. The third-order valence-corrected chi connectivity index (χ3v) is 2.68. The zero-order valence-electron chi connectivity index (χ0n) is 10.7. The summed E-state index contributed by atoms with van der Waals surface area (Å²) in [5.74, 6) is 1.37. The molecule has 1 atom stereocenters. The normalized spacial score (nSPS) is 20.1. The van der Waals surface area contributed by atoms with Crippen molar-refractivity contribution < 1.29 is 4.74 Å². The number of rotatable bonds is 3. The van der Waals surface area contributed by atoms with E-state index in [1.54, 1.807) is 0 Å². The van der Waals surface area contributed by atoms with E-state index in [0.717, 1.165) is 31.2 Å². The van der Waals surface area contributed by atoms with Crippen LogP contribution in [0.5, 0.6) is 5.88 Å². The summed E-state index contributed by atoms with van der Waals surface area (Å²) in [7, 11) is 0. The van der Waals surface area contributed by atoms with Crippen LogP contribution in [-0.4, -0.2) is 35.2 Å². The van der Waals surface area contributed by atoms with Crippen LogP contribution in [0.15, 0.2) is 6.07 Å². The minimum atomic E-state index is 0.123. The second kappa shape index (κ2) is 4.87. The van der Waals surface area contributed by atoms with Crippen LogP contribution in [0.25, 0.3) is 0 Å². The smallest absolute Gasteiger partial charge is 0.228 e. The summed E-state index contributed by atoms with van der Waals surface area (Å²) in [4.78, 5) is 11.0. The molecule has 94 valence electrons. The van der Waals surface area contributed by atoms with Crippen LogP contribution in [0.4, 0.5) is 5.95 Å². The summed E-state index contributed by atoms with van der Waals surface area (Å²) < 4.78 is 5.61. The zero-order chi connectivity index (χ0) is 12.4. The summed E-state index contributed by atoms with van der Waals surface area (Å²) in [5, 5.41) is 0. The molecule has 5 nitrogen and oxygen atoms in total. The van der Waals surface area contributed by atoms with Crippen LogP contribution in [0.3, 0.4) is 0 Å². The second-order valence-electron chi connectivity index (χ2n) is 4.81. The lowest BCUT2D eigenvalue weighted by Gasteiger charge is -2.17. The van der Waals surface area contributed by atoms with E-state index < -0.39 is 0 Å². The van der Waals surface area contributed by atoms with Crippen molar-refractivity contribution in [2.45, 2.75) is 39.3 Å². The zero-order valence-corrected chi connectivity index (χ0v) is 10.7. The van der Waals surface area contributed by atoms with E-state index in [-0.39, 0.29) is 12.1 Å². The molecule has 0 aromatic carbocycles. The highest BCUT2D eigenvalue weighted by atomic mass is 16.5. The van der Waals surface area contributed by atoms with Crippen molar-refractivity contribution in [1.82, 2.24) is 9.97 Å². The minimum absolute atomic E-state index is 0.123. The van der Waals surface area contributed by atoms with E-state index in [2.05, 4.69) is 14.9 Å².